The van der Waals surface area contributed by atoms with Crippen molar-refractivity contribution in [3.05, 3.63) is 70.8 Å². The van der Waals surface area contributed by atoms with Gasteiger partial charge in [0.05, 0.1) is 17.6 Å². The topological polar surface area (TPSA) is 83.8 Å². The van der Waals surface area contributed by atoms with Gasteiger partial charge >= 0.3 is 6.18 Å². The first-order chi connectivity index (χ1) is 17.0. The Morgan fingerprint density at radius 2 is 1.94 bits per heavy atom. The van der Waals surface area contributed by atoms with Gasteiger partial charge in [-0.3, -0.25) is 4.68 Å². The van der Waals surface area contributed by atoms with Crippen LogP contribution in [0.15, 0.2) is 42.7 Å². The minimum absolute atomic E-state index is 0.0517. The smallest absolute Gasteiger partial charge is 0.435 e. The molecular weight excluding hydrogens is 483 g/mol. The van der Waals surface area contributed by atoms with E-state index in [9.17, 15) is 22.0 Å². The molecular formula is C24H21F5N6O. The summed E-state index contributed by atoms with van der Waals surface area (Å²) in [5, 5.41) is 7.97. The van der Waals surface area contributed by atoms with Gasteiger partial charge in [-0.1, -0.05) is 17.7 Å². The summed E-state index contributed by atoms with van der Waals surface area (Å²) >= 11 is 0. The van der Waals surface area contributed by atoms with Crippen LogP contribution in [-0.4, -0.2) is 31.0 Å². The van der Waals surface area contributed by atoms with Crippen molar-refractivity contribution >= 4 is 5.82 Å². The molecule has 0 radical (unpaired) electrons. The number of nitrogens with two attached hydrogens (primary N) is 1. The molecule has 1 aliphatic heterocycles. The Morgan fingerprint density at radius 3 is 2.67 bits per heavy atom. The van der Waals surface area contributed by atoms with Crippen LogP contribution in [0.3, 0.4) is 0 Å². The number of nitrogen functional groups attached to an aromatic ring is 1. The minimum atomic E-state index is -4.69. The fourth-order valence-corrected chi connectivity index (χ4v) is 4.37. The lowest BCUT2D eigenvalue weighted by molar-refractivity contribution is -0.141. The van der Waals surface area contributed by atoms with Gasteiger partial charge in [0.2, 0.25) is 0 Å². The molecule has 188 valence electrons. The molecule has 0 amide bonds. The first-order valence-electron chi connectivity index (χ1n) is 11.0. The standard InChI is InChI=1S/C24H21F5N6O/c1-12-3-4-18-17(5-12)13(2)36-19-7-15(9-31-23(19)30)22-14(10-32-34(22)11-21(25)26)6-16-8-20(24(27,28)29)33-35(16)18/h3-5,7-10,13,21H,6,11H2,1-2H3,(H2,30,31)/t13-/m1/s1. The molecule has 1 aliphatic rings. The lowest BCUT2D eigenvalue weighted by Gasteiger charge is -2.22. The van der Waals surface area contributed by atoms with Crippen LogP contribution < -0.4 is 10.5 Å². The van der Waals surface area contributed by atoms with E-state index in [4.69, 9.17) is 10.5 Å². The Morgan fingerprint density at radius 1 is 1.17 bits per heavy atom. The highest BCUT2D eigenvalue weighted by Crippen LogP contribution is 2.37. The molecule has 0 fully saturated rings. The average molecular weight is 504 g/mol. The largest absolute Gasteiger partial charge is 0.482 e. The van der Waals surface area contributed by atoms with Crippen molar-refractivity contribution in [3.63, 3.8) is 0 Å². The summed E-state index contributed by atoms with van der Waals surface area (Å²) in [7, 11) is 0. The van der Waals surface area contributed by atoms with Crippen molar-refractivity contribution in [2.75, 3.05) is 5.73 Å². The Hall–Kier alpha value is -3.96. The summed E-state index contributed by atoms with van der Waals surface area (Å²) in [4.78, 5) is 4.17. The molecule has 36 heavy (non-hydrogen) atoms. The zero-order valence-corrected chi connectivity index (χ0v) is 19.2. The molecule has 12 heteroatoms. The SMILES string of the molecule is Cc1ccc2c(c1)[C@@H](C)Oc1cc(cnc1N)-c1c(cnn1CC(F)F)Cc1cc(C(F)(F)F)nn1-2. The number of ether oxygens (including phenoxy) is 1. The van der Waals surface area contributed by atoms with Gasteiger partial charge in [0, 0.05) is 35.0 Å². The third kappa shape index (κ3) is 4.27. The number of aromatic nitrogens is 5. The van der Waals surface area contributed by atoms with E-state index in [0.29, 0.717) is 22.4 Å². The molecule has 0 saturated heterocycles. The van der Waals surface area contributed by atoms with Gasteiger partial charge < -0.3 is 10.5 Å². The van der Waals surface area contributed by atoms with Gasteiger partial charge in [-0.25, -0.2) is 18.4 Å². The zero-order valence-electron chi connectivity index (χ0n) is 19.2. The van der Waals surface area contributed by atoms with Crippen molar-refractivity contribution in [1.29, 1.82) is 0 Å². The van der Waals surface area contributed by atoms with Crippen LogP contribution in [0.4, 0.5) is 27.8 Å². The van der Waals surface area contributed by atoms with E-state index >= 15 is 0 Å². The highest BCUT2D eigenvalue weighted by Gasteiger charge is 2.36. The van der Waals surface area contributed by atoms with E-state index in [-0.39, 0.29) is 29.4 Å². The second kappa shape index (κ2) is 8.61. The highest BCUT2D eigenvalue weighted by atomic mass is 19.4. The van der Waals surface area contributed by atoms with Crippen molar-refractivity contribution in [2.24, 2.45) is 0 Å². The van der Waals surface area contributed by atoms with Gasteiger partial charge in [0.15, 0.2) is 17.3 Å². The van der Waals surface area contributed by atoms with Crippen LogP contribution in [0.1, 0.15) is 41.1 Å². The van der Waals surface area contributed by atoms with E-state index in [1.807, 2.05) is 13.0 Å². The number of nitrogens with zero attached hydrogens (tertiary/aromatic N) is 5. The average Bonchev–Trinajstić information content (AvgIpc) is 3.39. The molecule has 4 aromatic rings. The predicted molar refractivity (Wildman–Crippen MR) is 121 cm³/mol. The van der Waals surface area contributed by atoms with Crippen LogP contribution in [0.2, 0.25) is 0 Å². The Bertz CT molecular complexity index is 1440. The normalized spacial score (nSPS) is 15.4. The lowest BCUT2D eigenvalue weighted by Crippen LogP contribution is -2.14. The van der Waals surface area contributed by atoms with Crippen molar-refractivity contribution < 1.29 is 26.7 Å². The Balaban J connectivity index is 1.80. The number of pyridine rings is 1. The quantitative estimate of drug-likeness (QED) is 0.372. The first-order valence-corrected chi connectivity index (χ1v) is 11.0. The van der Waals surface area contributed by atoms with Gasteiger partial charge in [0.25, 0.3) is 6.43 Å². The molecule has 1 aromatic carbocycles. The van der Waals surface area contributed by atoms with Crippen molar-refractivity contribution in [1.82, 2.24) is 24.5 Å². The monoisotopic (exact) mass is 504 g/mol. The number of aryl methyl sites for hydroxylation is 1. The number of alkyl halides is 5. The summed E-state index contributed by atoms with van der Waals surface area (Å²) in [6, 6.07) is 7.79. The molecule has 1 atom stereocenters. The molecule has 0 saturated carbocycles. The van der Waals surface area contributed by atoms with Crippen molar-refractivity contribution in [3.8, 4) is 22.7 Å². The third-order valence-corrected chi connectivity index (χ3v) is 5.98. The van der Waals surface area contributed by atoms with Crippen LogP contribution in [-0.2, 0) is 19.1 Å². The summed E-state index contributed by atoms with van der Waals surface area (Å²) < 4.78 is 76.2. The van der Waals surface area contributed by atoms with Gasteiger partial charge in [0.1, 0.15) is 12.6 Å². The van der Waals surface area contributed by atoms with Crippen LogP contribution in [0.25, 0.3) is 16.9 Å². The molecule has 4 heterocycles. The third-order valence-electron chi connectivity index (χ3n) is 5.98. The molecule has 0 aliphatic carbocycles. The molecule has 2 N–H and O–H groups in total. The van der Waals surface area contributed by atoms with E-state index in [1.54, 1.807) is 25.1 Å². The second-order valence-electron chi connectivity index (χ2n) is 8.63. The number of anilines is 1. The Labute approximate surface area is 202 Å². The second-order valence-corrected chi connectivity index (χ2v) is 8.63. The maximum atomic E-state index is 13.7. The number of hydrogen-bond donors (Lipinski definition) is 1. The zero-order chi connectivity index (χ0) is 25.8. The number of benzene rings is 1. The molecule has 2 bridgehead atoms. The van der Waals surface area contributed by atoms with Crippen molar-refractivity contribution in [2.45, 2.75) is 45.5 Å². The summed E-state index contributed by atoms with van der Waals surface area (Å²) in [5.74, 6) is 0.290. The number of fused-ring (bicyclic) bond motifs is 7. The van der Waals surface area contributed by atoms with E-state index in [2.05, 4.69) is 15.2 Å². The molecule has 3 aromatic heterocycles. The predicted octanol–water partition coefficient (Wildman–Crippen LogP) is 5.35. The first kappa shape index (κ1) is 23.8. The van der Waals surface area contributed by atoms with E-state index < -0.39 is 30.9 Å². The highest BCUT2D eigenvalue weighted by molar-refractivity contribution is 5.68. The maximum Gasteiger partial charge on any atom is 0.435 e. The molecule has 0 unspecified atom stereocenters. The molecule has 7 nitrogen and oxygen atoms in total. The number of halogens is 5. The van der Waals surface area contributed by atoms with E-state index in [1.165, 1.54) is 17.1 Å². The van der Waals surface area contributed by atoms with Crippen LogP contribution in [0.5, 0.6) is 5.75 Å². The summed E-state index contributed by atoms with van der Waals surface area (Å²) in [6.45, 7) is 2.88. The minimum Gasteiger partial charge on any atom is -0.482 e. The fraction of sp³-hybridized carbons (Fsp3) is 0.292. The summed E-state index contributed by atoms with van der Waals surface area (Å²) in [6.07, 6.45) is -5.33. The van der Waals surface area contributed by atoms with Crippen LogP contribution in [0, 0.1) is 6.92 Å². The molecule has 5 rings (SSSR count). The fourth-order valence-electron chi connectivity index (χ4n) is 4.37. The molecule has 0 spiro atoms. The number of rotatable bonds is 2. The van der Waals surface area contributed by atoms with E-state index in [0.717, 1.165) is 16.3 Å². The lowest BCUT2D eigenvalue weighted by atomic mass is 10.0. The Kier molecular flexibility index (Phi) is 5.68. The summed E-state index contributed by atoms with van der Waals surface area (Å²) in [5.41, 5.74) is 8.14. The van der Waals surface area contributed by atoms with Gasteiger partial charge in [-0.05, 0) is 32.0 Å². The van der Waals surface area contributed by atoms with Gasteiger partial charge in [-0.2, -0.15) is 23.4 Å². The maximum absolute atomic E-state index is 13.7. The number of hydrogen-bond acceptors (Lipinski definition) is 5. The van der Waals surface area contributed by atoms with Gasteiger partial charge in [-0.15, -0.1) is 0 Å². The van der Waals surface area contributed by atoms with Crippen LogP contribution >= 0.6 is 0 Å².